The van der Waals surface area contributed by atoms with Gasteiger partial charge in [-0.1, -0.05) is 42.5 Å². The second-order valence-corrected chi connectivity index (χ2v) is 7.86. The SMILES string of the molecule is C[C@H](N[C@H](CF)[C@H](O)c1ccc(S(C)(=O)=O)cc1)c1ccccc1. The van der Waals surface area contributed by atoms with Crippen molar-refractivity contribution >= 4 is 9.84 Å². The molecular weight excluding hydrogens is 329 g/mol. The molecule has 2 N–H and O–H groups in total. The minimum atomic E-state index is -3.30. The number of sulfone groups is 1. The summed E-state index contributed by atoms with van der Waals surface area (Å²) in [5.74, 6) is 0. The van der Waals surface area contributed by atoms with Crippen molar-refractivity contribution in [3.63, 3.8) is 0 Å². The summed E-state index contributed by atoms with van der Waals surface area (Å²) in [5, 5.41) is 13.5. The number of aliphatic hydroxyl groups excluding tert-OH is 1. The van der Waals surface area contributed by atoms with Crippen LogP contribution >= 0.6 is 0 Å². The van der Waals surface area contributed by atoms with Crippen molar-refractivity contribution in [2.45, 2.75) is 30.0 Å². The molecule has 0 saturated heterocycles. The molecular formula is C18H22FNO3S. The summed E-state index contributed by atoms with van der Waals surface area (Å²) in [4.78, 5) is 0.167. The standard InChI is InChI=1S/C18H22FNO3S/c1-13(14-6-4-3-5-7-14)20-17(12-19)18(21)15-8-10-16(11-9-15)24(2,22)23/h3-11,13,17-18,20-21H,12H2,1-2H3/t13-,17+,18+/m0/s1. The van der Waals surface area contributed by atoms with E-state index >= 15 is 0 Å². The lowest BCUT2D eigenvalue weighted by molar-refractivity contribution is 0.107. The molecule has 2 rings (SSSR count). The Labute approximate surface area is 142 Å². The summed E-state index contributed by atoms with van der Waals surface area (Å²) in [6.45, 7) is 1.16. The Bertz CT molecular complexity index is 748. The molecule has 0 saturated carbocycles. The second kappa shape index (κ2) is 7.88. The first kappa shape index (κ1) is 18.6. The average Bonchev–Trinajstić information content (AvgIpc) is 2.59. The number of halogens is 1. The van der Waals surface area contributed by atoms with Crippen LogP contribution in [0.2, 0.25) is 0 Å². The monoisotopic (exact) mass is 351 g/mol. The highest BCUT2D eigenvalue weighted by Gasteiger charge is 2.23. The van der Waals surface area contributed by atoms with Gasteiger partial charge in [0, 0.05) is 12.3 Å². The molecule has 0 fully saturated rings. The van der Waals surface area contributed by atoms with E-state index in [1.165, 1.54) is 24.3 Å². The summed E-state index contributed by atoms with van der Waals surface area (Å²) in [5.41, 5.74) is 1.47. The topological polar surface area (TPSA) is 66.4 Å². The van der Waals surface area contributed by atoms with Crippen molar-refractivity contribution in [2.24, 2.45) is 0 Å². The molecule has 130 valence electrons. The molecule has 2 aromatic rings. The highest BCUT2D eigenvalue weighted by atomic mass is 32.2. The fraction of sp³-hybridized carbons (Fsp3) is 0.333. The van der Waals surface area contributed by atoms with Crippen molar-refractivity contribution in [3.05, 3.63) is 65.7 Å². The third kappa shape index (κ3) is 4.63. The highest BCUT2D eigenvalue weighted by Crippen LogP contribution is 2.22. The molecule has 0 bridgehead atoms. The van der Waals surface area contributed by atoms with Crippen molar-refractivity contribution in [1.29, 1.82) is 0 Å². The highest BCUT2D eigenvalue weighted by molar-refractivity contribution is 7.90. The third-order valence-electron chi connectivity index (χ3n) is 3.96. The number of rotatable bonds is 7. The lowest BCUT2D eigenvalue weighted by atomic mass is 10.0. The van der Waals surface area contributed by atoms with Gasteiger partial charge in [0.15, 0.2) is 9.84 Å². The van der Waals surface area contributed by atoms with Gasteiger partial charge in [-0.3, -0.25) is 0 Å². The quantitative estimate of drug-likeness (QED) is 0.805. The molecule has 0 radical (unpaired) electrons. The summed E-state index contributed by atoms with van der Waals surface area (Å²) < 4.78 is 36.4. The van der Waals surface area contributed by atoms with Gasteiger partial charge in [-0.2, -0.15) is 0 Å². The largest absolute Gasteiger partial charge is 0.387 e. The van der Waals surface area contributed by atoms with E-state index in [2.05, 4.69) is 5.32 Å². The van der Waals surface area contributed by atoms with Gasteiger partial charge in [0.25, 0.3) is 0 Å². The van der Waals surface area contributed by atoms with Gasteiger partial charge in [-0.25, -0.2) is 12.8 Å². The molecule has 3 atom stereocenters. The fourth-order valence-electron chi connectivity index (χ4n) is 2.52. The maximum absolute atomic E-state index is 13.4. The molecule has 4 nitrogen and oxygen atoms in total. The molecule has 0 unspecified atom stereocenters. The Morgan fingerprint density at radius 2 is 1.62 bits per heavy atom. The zero-order valence-corrected chi connectivity index (χ0v) is 14.5. The second-order valence-electron chi connectivity index (χ2n) is 5.85. The van der Waals surface area contributed by atoms with Crippen LogP contribution in [0.3, 0.4) is 0 Å². The van der Waals surface area contributed by atoms with Crippen LogP contribution in [0.15, 0.2) is 59.5 Å². The van der Waals surface area contributed by atoms with E-state index in [1.807, 2.05) is 37.3 Å². The Hall–Kier alpha value is -1.76. The van der Waals surface area contributed by atoms with Crippen LogP contribution in [0.25, 0.3) is 0 Å². The summed E-state index contributed by atoms with van der Waals surface area (Å²) in [6.07, 6.45) is 0.0427. The molecule has 0 aliphatic carbocycles. The zero-order chi connectivity index (χ0) is 17.7. The van der Waals surface area contributed by atoms with E-state index in [4.69, 9.17) is 0 Å². The van der Waals surface area contributed by atoms with Crippen LogP contribution in [0, 0.1) is 0 Å². The van der Waals surface area contributed by atoms with Crippen LogP contribution in [0.5, 0.6) is 0 Å². The fourth-order valence-corrected chi connectivity index (χ4v) is 3.15. The number of benzene rings is 2. The Kier molecular flexibility index (Phi) is 6.10. The molecule has 6 heteroatoms. The van der Waals surface area contributed by atoms with Crippen molar-refractivity contribution in [2.75, 3.05) is 12.9 Å². The van der Waals surface area contributed by atoms with Crippen LogP contribution in [-0.4, -0.2) is 32.5 Å². The van der Waals surface area contributed by atoms with Crippen molar-refractivity contribution in [3.8, 4) is 0 Å². The zero-order valence-electron chi connectivity index (χ0n) is 13.7. The maximum atomic E-state index is 13.4. The lowest BCUT2D eigenvalue weighted by Gasteiger charge is -2.26. The van der Waals surface area contributed by atoms with E-state index in [9.17, 15) is 17.9 Å². The predicted molar refractivity (Wildman–Crippen MR) is 92.3 cm³/mol. The molecule has 0 heterocycles. The van der Waals surface area contributed by atoms with Gasteiger partial charge in [0.05, 0.1) is 17.0 Å². The molecule has 0 aromatic heterocycles. The number of aliphatic hydroxyl groups is 1. The Morgan fingerprint density at radius 3 is 2.12 bits per heavy atom. The average molecular weight is 351 g/mol. The maximum Gasteiger partial charge on any atom is 0.175 e. The molecule has 0 amide bonds. The summed E-state index contributed by atoms with van der Waals surface area (Å²) >= 11 is 0. The van der Waals surface area contributed by atoms with Gasteiger partial charge in [0.1, 0.15) is 6.67 Å². The molecule has 0 aliphatic heterocycles. The van der Waals surface area contributed by atoms with Crippen LogP contribution in [-0.2, 0) is 9.84 Å². The molecule has 0 spiro atoms. The van der Waals surface area contributed by atoms with E-state index < -0.39 is 28.7 Å². The first-order chi connectivity index (χ1) is 11.3. The first-order valence-corrected chi connectivity index (χ1v) is 9.57. The van der Waals surface area contributed by atoms with Crippen molar-refractivity contribution in [1.82, 2.24) is 5.32 Å². The molecule has 24 heavy (non-hydrogen) atoms. The van der Waals surface area contributed by atoms with Crippen molar-refractivity contribution < 1.29 is 17.9 Å². The minimum Gasteiger partial charge on any atom is -0.387 e. The van der Waals surface area contributed by atoms with Crippen LogP contribution in [0.4, 0.5) is 4.39 Å². The minimum absolute atomic E-state index is 0.128. The van der Waals surface area contributed by atoms with Gasteiger partial charge < -0.3 is 10.4 Å². The van der Waals surface area contributed by atoms with Gasteiger partial charge >= 0.3 is 0 Å². The Balaban J connectivity index is 2.12. The van der Waals surface area contributed by atoms with Gasteiger partial charge in [0.2, 0.25) is 0 Å². The summed E-state index contributed by atoms with van der Waals surface area (Å²) in [6, 6.07) is 14.5. The predicted octanol–water partition coefficient (Wildman–Crippen LogP) is 2.81. The lowest BCUT2D eigenvalue weighted by Crippen LogP contribution is -2.38. The smallest absolute Gasteiger partial charge is 0.175 e. The van der Waals surface area contributed by atoms with Crippen LogP contribution in [0.1, 0.15) is 30.2 Å². The molecule has 2 aromatic carbocycles. The van der Waals surface area contributed by atoms with Gasteiger partial charge in [-0.05, 0) is 30.2 Å². The van der Waals surface area contributed by atoms with E-state index in [1.54, 1.807) is 0 Å². The van der Waals surface area contributed by atoms with E-state index in [0.717, 1.165) is 11.8 Å². The Morgan fingerprint density at radius 1 is 1.04 bits per heavy atom. The molecule has 0 aliphatic rings. The van der Waals surface area contributed by atoms with Gasteiger partial charge in [-0.15, -0.1) is 0 Å². The number of hydrogen-bond donors (Lipinski definition) is 2. The number of nitrogens with one attached hydrogen (secondary N) is 1. The van der Waals surface area contributed by atoms with Crippen LogP contribution < -0.4 is 5.32 Å². The van der Waals surface area contributed by atoms with E-state index in [-0.39, 0.29) is 10.9 Å². The number of alkyl halides is 1. The number of hydrogen-bond acceptors (Lipinski definition) is 4. The normalized spacial score (nSPS) is 15.7. The van der Waals surface area contributed by atoms with E-state index in [0.29, 0.717) is 5.56 Å². The first-order valence-electron chi connectivity index (χ1n) is 7.68. The summed E-state index contributed by atoms with van der Waals surface area (Å²) in [7, 11) is -3.30. The third-order valence-corrected chi connectivity index (χ3v) is 5.09.